The standard InChI is InChI=1S/C24H31N3O6S/c1-32-14-6-12-25-23(28)19-8-5-13-27(17-19)24(29)18-7-3-9-20(15-18)26-34(30,31)22-11-4-10-21(16-22)33-2/h3-4,7,9-11,15-16,19,26H,5-6,8,12-14,17H2,1-2H3,(H,25,28)/t19-/m0/s1. The zero-order valence-corrected chi connectivity index (χ0v) is 20.3. The van der Waals surface area contributed by atoms with Crippen molar-refractivity contribution >= 4 is 27.5 Å². The molecule has 34 heavy (non-hydrogen) atoms. The normalized spacial score (nSPS) is 16.1. The van der Waals surface area contributed by atoms with Crippen LogP contribution in [0.15, 0.2) is 53.4 Å². The molecular formula is C24H31N3O6S. The highest BCUT2D eigenvalue weighted by molar-refractivity contribution is 7.92. The summed E-state index contributed by atoms with van der Waals surface area (Å²) in [6.07, 6.45) is 2.18. The molecule has 10 heteroatoms. The van der Waals surface area contributed by atoms with E-state index < -0.39 is 10.0 Å². The molecule has 9 nitrogen and oxygen atoms in total. The predicted molar refractivity (Wildman–Crippen MR) is 128 cm³/mol. The summed E-state index contributed by atoms with van der Waals surface area (Å²) in [5.41, 5.74) is 0.630. The molecule has 1 aliphatic rings. The molecule has 0 radical (unpaired) electrons. The van der Waals surface area contributed by atoms with Crippen LogP contribution in [0.1, 0.15) is 29.6 Å². The molecule has 1 saturated heterocycles. The highest BCUT2D eigenvalue weighted by Crippen LogP contribution is 2.23. The Bertz CT molecular complexity index is 1110. The molecule has 1 heterocycles. The fraction of sp³-hybridized carbons (Fsp3) is 0.417. The number of anilines is 1. The monoisotopic (exact) mass is 489 g/mol. The van der Waals surface area contributed by atoms with Crippen molar-refractivity contribution < 1.29 is 27.5 Å². The maximum absolute atomic E-state index is 13.1. The maximum atomic E-state index is 13.1. The van der Waals surface area contributed by atoms with E-state index in [4.69, 9.17) is 9.47 Å². The largest absolute Gasteiger partial charge is 0.497 e. The van der Waals surface area contributed by atoms with Gasteiger partial charge in [0.15, 0.2) is 0 Å². The summed E-state index contributed by atoms with van der Waals surface area (Å²) in [4.78, 5) is 27.3. The minimum atomic E-state index is -3.86. The van der Waals surface area contributed by atoms with Gasteiger partial charge in [0.05, 0.1) is 17.9 Å². The Labute approximate surface area is 200 Å². The number of hydrogen-bond acceptors (Lipinski definition) is 6. The summed E-state index contributed by atoms with van der Waals surface area (Å²) in [6.45, 7) is 1.99. The molecule has 0 aromatic heterocycles. The van der Waals surface area contributed by atoms with Crippen LogP contribution in [-0.4, -0.2) is 65.6 Å². The summed E-state index contributed by atoms with van der Waals surface area (Å²) in [5.74, 6) is -0.142. The Morgan fingerprint density at radius 2 is 1.91 bits per heavy atom. The molecule has 2 aromatic rings. The minimum Gasteiger partial charge on any atom is -0.497 e. The topological polar surface area (TPSA) is 114 Å². The van der Waals surface area contributed by atoms with E-state index in [1.54, 1.807) is 42.3 Å². The number of nitrogens with one attached hydrogen (secondary N) is 2. The van der Waals surface area contributed by atoms with Gasteiger partial charge in [-0.05, 0) is 49.6 Å². The van der Waals surface area contributed by atoms with Gasteiger partial charge in [-0.1, -0.05) is 12.1 Å². The molecule has 2 amide bonds. The molecule has 1 fully saturated rings. The number of methoxy groups -OCH3 is 2. The molecular weight excluding hydrogens is 458 g/mol. The lowest BCUT2D eigenvalue weighted by Gasteiger charge is -2.32. The number of ether oxygens (including phenoxy) is 2. The van der Waals surface area contributed by atoms with Crippen LogP contribution >= 0.6 is 0 Å². The highest BCUT2D eigenvalue weighted by Gasteiger charge is 2.29. The molecule has 3 rings (SSSR count). The van der Waals surface area contributed by atoms with Gasteiger partial charge in [0.2, 0.25) is 5.91 Å². The second kappa shape index (κ2) is 11.8. The van der Waals surface area contributed by atoms with E-state index in [-0.39, 0.29) is 28.3 Å². The van der Waals surface area contributed by atoms with Gasteiger partial charge < -0.3 is 19.7 Å². The van der Waals surface area contributed by atoms with E-state index >= 15 is 0 Å². The number of hydrogen-bond donors (Lipinski definition) is 2. The number of rotatable bonds is 10. The van der Waals surface area contributed by atoms with Crippen LogP contribution in [0.5, 0.6) is 5.75 Å². The third kappa shape index (κ3) is 6.71. The van der Waals surface area contributed by atoms with Gasteiger partial charge in [0, 0.05) is 50.7 Å². The van der Waals surface area contributed by atoms with Crippen LogP contribution in [0, 0.1) is 5.92 Å². The lowest BCUT2D eigenvalue weighted by molar-refractivity contribution is -0.126. The van der Waals surface area contributed by atoms with Gasteiger partial charge in [0.25, 0.3) is 15.9 Å². The Balaban J connectivity index is 1.66. The minimum absolute atomic E-state index is 0.0546. The molecule has 1 aliphatic heterocycles. The van der Waals surface area contributed by atoms with Crippen molar-refractivity contribution in [3.05, 3.63) is 54.1 Å². The van der Waals surface area contributed by atoms with E-state index in [0.717, 1.165) is 19.3 Å². The molecule has 2 N–H and O–H groups in total. The Hall–Kier alpha value is -3.11. The van der Waals surface area contributed by atoms with Crippen molar-refractivity contribution in [1.29, 1.82) is 0 Å². The lowest BCUT2D eigenvalue weighted by atomic mass is 9.96. The van der Waals surface area contributed by atoms with Gasteiger partial charge in [-0.25, -0.2) is 8.42 Å². The first-order valence-electron chi connectivity index (χ1n) is 11.2. The summed E-state index contributed by atoms with van der Waals surface area (Å²) < 4.78 is 38.2. The van der Waals surface area contributed by atoms with Crippen molar-refractivity contribution in [2.24, 2.45) is 5.92 Å². The number of sulfonamides is 1. The first kappa shape index (κ1) is 25.5. The van der Waals surface area contributed by atoms with Crippen LogP contribution in [0.3, 0.4) is 0 Å². The van der Waals surface area contributed by atoms with E-state index in [1.807, 2.05) is 0 Å². The number of piperidine rings is 1. The number of amides is 2. The molecule has 0 saturated carbocycles. The molecule has 1 atom stereocenters. The fourth-order valence-corrected chi connectivity index (χ4v) is 4.91. The molecule has 0 spiro atoms. The van der Waals surface area contributed by atoms with E-state index in [9.17, 15) is 18.0 Å². The van der Waals surface area contributed by atoms with Crippen LogP contribution in [0.4, 0.5) is 5.69 Å². The van der Waals surface area contributed by atoms with Crippen LogP contribution < -0.4 is 14.8 Å². The second-order valence-corrected chi connectivity index (χ2v) is 9.78. The zero-order valence-electron chi connectivity index (χ0n) is 19.5. The summed E-state index contributed by atoms with van der Waals surface area (Å²) >= 11 is 0. The average molecular weight is 490 g/mol. The lowest BCUT2D eigenvalue weighted by Crippen LogP contribution is -2.45. The van der Waals surface area contributed by atoms with E-state index in [2.05, 4.69) is 10.0 Å². The van der Waals surface area contributed by atoms with Gasteiger partial charge in [-0.3, -0.25) is 14.3 Å². The Morgan fingerprint density at radius 1 is 1.12 bits per heavy atom. The van der Waals surface area contributed by atoms with Crippen LogP contribution in [0.25, 0.3) is 0 Å². The van der Waals surface area contributed by atoms with E-state index in [0.29, 0.717) is 37.6 Å². The number of carbonyl (C=O) groups excluding carboxylic acids is 2. The van der Waals surface area contributed by atoms with Gasteiger partial charge >= 0.3 is 0 Å². The molecule has 184 valence electrons. The smallest absolute Gasteiger partial charge is 0.262 e. The number of carbonyl (C=O) groups is 2. The molecule has 0 bridgehead atoms. The quantitative estimate of drug-likeness (QED) is 0.496. The van der Waals surface area contributed by atoms with Crippen molar-refractivity contribution in [1.82, 2.24) is 10.2 Å². The Morgan fingerprint density at radius 3 is 2.68 bits per heavy atom. The van der Waals surface area contributed by atoms with Crippen molar-refractivity contribution in [2.45, 2.75) is 24.2 Å². The zero-order chi connectivity index (χ0) is 24.6. The third-order valence-electron chi connectivity index (χ3n) is 5.62. The maximum Gasteiger partial charge on any atom is 0.262 e. The summed E-state index contributed by atoms with van der Waals surface area (Å²) in [5, 5.41) is 2.90. The fourth-order valence-electron chi connectivity index (χ4n) is 3.83. The first-order chi connectivity index (χ1) is 16.3. The van der Waals surface area contributed by atoms with Crippen molar-refractivity contribution in [2.75, 3.05) is 45.2 Å². The predicted octanol–water partition coefficient (Wildman–Crippen LogP) is 2.50. The van der Waals surface area contributed by atoms with Crippen molar-refractivity contribution in [3.8, 4) is 5.75 Å². The van der Waals surface area contributed by atoms with Crippen LogP contribution in [0.2, 0.25) is 0 Å². The average Bonchev–Trinajstić information content (AvgIpc) is 2.86. The van der Waals surface area contributed by atoms with Gasteiger partial charge in [0.1, 0.15) is 5.75 Å². The van der Waals surface area contributed by atoms with Crippen molar-refractivity contribution in [3.63, 3.8) is 0 Å². The Kier molecular flexibility index (Phi) is 8.89. The summed E-state index contributed by atoms with van der Waals surface area (Å²) in [7, 11) is -0.784. The van der Waals surface area contributed by atoms with Gasteiger partial charge in [-0.2, -0.15) is 0 Å². The SMILES string of the molecule is COCCCNC(=O)[C@H]1CCCN(C(=O)c2cccc(NS(=O)(=O)c3cccc(OC)c3)c2)C1. The highest BCUT2D eigenvalue weighted by atomic mass is 32.2. The van der Waals surface area contributed by atoms with E-state index in [1.165, 1.54) is 25.3 Å². The number of likely N-dealkylation sites (tertiary alicyclic amines) is 1. The second-order valence-electron chi connectivity index (χ2n) is 8.09. The van der Waals surface area contributed by atoms with Gasteiger partial charge in [-0.15, -0.1) is 0 Å². The van der Waals surface area contributed by atoms with Crippen LogP contribution in [-0.2, 0) is 19.6 Å². The molecule has 0 aliphatic carbocycles. The molecule has 2 aromatic carbocycles. The first-order valence-corrected chi connectivity index (χ1v) is 12.6. The third-order valence-corrected chi connectivity index (χ3v) is 7.00. The number of nitrogens with zero attached hydrogens (tertiary/aromatic N) is 1. The summed E-state index contributed by atoms with van der Waals surface area (Å²) in [6, 6.07) is 12.5. The number of benzene rings is 2. The molecule has 0 unspecified atom stereocenters.